The Morgan fingerprint density at radius 3 is 2.50 bits per heavy atom. The lowest BCUT2D eigenvalue weighted by Gasteiger charge is -2.17. The number of aromatic carboxylic acids is 1. The van der Waals surface area contributed by atoms with Gasteiger partial charge in [0.25, 0.3) is 5.56 Å². The molecule has 196 valence electrons. The van der Waals surface area contributed by atoms with E-state index in [9.17, 15) is 14.7 Å². The van der Waals surface area contributed by atoms with Gasteiger partial charge in [0.15, 0.2) is 0 Å². The molecule has 4 rings (SSSR count). The van der Waals surface area contributed by atoms with Crippen LogP contribution >= 0.6 is 11.6 Å². The van der Waals surface area contributed by atoms with E-state index < -0.39 is 5.97 Å². The summed E-state index contributed by atoms with van der Waals surface area (Å²) in [6.45, 7) is 6.42. The van der Waals surface area contributed by atoms with Gasteiger partial charge in [0.1, 0.15) is 18.2 Å². The fourth-order valence-electron chi connectivity index (χ4n) is 4.54. The van der Waals surface area contributed by atoms with Gasteiger partial charge >= 0.3 is 5.97 Å². The molecule has 0 saturated carbocycles. The Bertz CT molecular complexity index is 1530. The fourth-order valence-corrected chi connectivity index (χ4v) is 4.77. The number of halogens is 1. The van der Waals surface area contributed by atoms with Gasteiger partial charge in [0, 0.05) is 22.6 Å². The van der Waals surface area contributed by atoms with E-state index in [1.165, 1.54) is 0 Å². The minimum Gasteiger partial charge on any atom is -0.489 e. The summed E-state index contributed by atoms with van der Waals surface area (Å²) >= 11 is 6.46. The Morgan fingerprint density at radius 2 is 1.79 bits per heavy atom. The molecule has 6 nitrogen and oxygen atoms in total. The maximum atomic E-state index is 13.8. The largest absolute Gasteiger partial charge is 0.489 e. The van der Waals surface area contributed by atoms with Gasteiger partial charge in [-0.2, -0.15) is 0 Å². The number of rotatable bonds is 10. The number of hydrogen-bond donors (Lipinski definition) is 1. The summed E-state index contributed by atoms with van der Waals surface area (Å²) in [5.41, 5.74) is 4.43. The normalized spacial score (nSPS) is 10.9. The molecule has 38 heavy (non-hydrogen) atoms. The third-order valence-corrected chi connectivity index (χ3v) is 6.87. The first-order chi connectivity index (χ1) is 18.3. The number of carboxylic acids is 1. The first-order valence-electron chi connectivity index (χ1n) is 12.7. The van der Waals surface area contributed by atoms with Crippen molar-refractivity contribution in [1.29, 1.82) is 0 Å². The molecule has 0 aliphatic heterocycles. The van der Waals surface area contributed by atoms with Crippen LogP contribution in [0.15, 0.2) is 71.5 Å². The van der Waals surface area contributed by atoms with Gasteiger partial charge in [0.2, 0.25) is 0 Å². The van der Waals surface area contributed by atoms with E-state index in [1.807, 2.05) is 50.2 Å². The average molecular weight is 531 g/mol. The summed E-state index contributed by atoms with van der Waals surface area (Å²) in [6, 6.07) is 19.9. The molecular weight excluding hydrogens is 500 g/mol. The summed E-state index contributed by atoms with van der Waals surface area (Å²) in [6.07, 6.45) is 2.64. The Kier molecular flexibility index (Phi) is 8.64. The van der Waals surface area contributed by atoms with Crippen molar-refractivity contribution in [3.05, 3.63) is 116 Å². The molecule has 7 heteroatoms. The van der Waals surface area contributed by atoms with Crippen molar-refractivity contribution < 1.29 is 14.6 Å². The maximum absolute atomic E-state index is 13.8. The van der Waals surface area contributed by atoms with E-state index in [-0.39, 0.29) is 17.7 Å². The SMILES string of the molecule is CCCCc1nc(C)c(-c2ccccc2Cl)c(=O)n1Cc1ccc(OCc2ccccc2C(=O)O)c(C)c1. The zero-order chi connectivity index (χ0) is 27.2. The van der Waals surface area contributed by atoms with E-state index in [0.717, 1.165) is 29.8 Å². The van der Waals surface area contributed by atoms with Crippen LogP contribution in [0.25, 0.3) is 11.1 Å². The minimum absolute atomic E-state index is 0.111. The van der Waals surface area contributed by atoms with Crippen LogP contribution < -0.4 is 10.3 Å². The number of unbranched alkanes of at least 4 members (excludes halogenated alkanes) is 1. The molecule has 0 spiro atoms. The van der Waals surface area contributed by atoms with Crippen LogP contribution in [0.3, 0.4) is 0 Å². The topological polar surface area (TPSA) is 81.4 Å². The zero-order valence-electron chi connectivity index (χ0n) is 21.8. The quantitative estimate of drug-likeness (QED) is 0.242. The van der Waals surface area contributed by atoms with Crippen molar-refractivity contribution in [3.63, 3.8) is 0 Å². The van der Waals surface area contributed by atoms with Gasteiger partial charge in [-0.25, -0.2) is 9.78 Å². The lowest BCUT2D eigenvalue weighted by molar-refractivity contribution is 0.0694. The predicted octanol–water partition coefficient (Wildman–Crippen LogP) is 6.85. The second kappa shape index (κ2) is 12.1. The van der Waals surface area contributed by atoms with Crippen molar-refractivity contribution in [2.24, 2.45) is 0 Å². The van der Waals surface area contributed by atoms with Crippen molar-refractivity contribution in [2.75, 3.05) is 0 Å². The molecule has 0 radical (unpaired) electrons. The monoisotopic (exact) mass is 530 g/mol. The maximum Gasteiger partial charge on any atom is 0.336 e. The van der Waals surface area contributed by atoms with Gasteiger partial charge in [-0.3, -0.25) is 9.36 Å². The highest BCUT2D eigenvalue weighted by atomic mass is 35.5. The van der Waals surface area contributed by atoms with Crippen LogP contribution in [0.4, 0.5) is 0 Å². The van der Waals surface area contributed by atoms with Crippen molar-refractivity contribution >= 4 is 17.6 Å². The van der Waals surface area contributed by atoms with Gasteiger partial charge in [0.05, 0.1) is 23.4 Å². The lowest BCUT2D eigenvalue weighted by atomic mass is 10.0. The third-order valence-electron chi connectivity index (χ3n) is 6.54. The smallest absolute Gasteiger partial charge is 0.336 e. The van der Waals surface area contributed by atoms with Crippen LogP contribution in [-0.2, 0) is 19.6 Å². The van der Waals surface area contributed by atoms with E-state index in [1.54, 1.807) is 34.9 Å². The summed E-state index contributed by atoms with van der Waals surface area (Å²) in [7, 11) is 0. The standard InChI is InChI=1S/C31H31ClN2O4/c1-4-5-14-28-33-21(3)29(25-12-8-9-13-26(25)32)30(35)34(28)18-22-15-16-27(20(2)17-22)38-19-23-10-6-7-11-24(23)31(36)37/h6-13,15-17H,4-5,14,18-19H2,1-3H3,(H,36,37). The highest BCUT2D eigenvalue weighted by molar-refractivity contribution is 6.33. The Morgan fingerprint density at radius 1 is 1.05 bits per heavy atom. The summed E-state index contributed by atoms with van der Waals surface area (Å²) in [4.78, 5) is 30.2. The molecule has 0 unspecified atom stereocenters. The number of carbonyl (C=O) groups is 1. The molecule has 1 N–H and O–H groups in total. The molecule has 0 saturated heterocycles. The first kappa shape index (κ1) is 27.1. The van der Waals surface area contributed by atoms with Crippen molar-refractivity contribution in [3.8, 4) is 16.9 Å². The van der Waals surface area contributed by atoms with Gasteiger partial charge in [-0.1, -0.05) is 73.5 Å². The predicted molar refractivity (Wildman–Crippen MR) is 150 cm³/mol. The van der Waals surface area contributed by atoms with E-state index in [4.69, 9.17) is 21.3 Å². The van der Waals surface area contributed by atoms with Gasteiger partial charge < -0.3 is 9.84 Å². The Hall–Kier alpha value is -3.90. The molecule has 1 heterocycles. The Balaban J connectivity index is 1.65. The summed E-state index contributed by atoms with van der Waals surface area (Å²) < 4.78 is 7.72. The van der Waals surface area contributed by atoms with Gasteiger partial charge in [-0.05, 0) is 49.6 Å². The zero-order valence-corrected chi connectivity index (χ0v) is 22.6. The highest BCUT2D eigenvalue weighted by Gasteiger charge is 2.18. The summed E-state index contributed by atoms with van der Waals surface area (Å²) in [5, 5.41) is 9.94. The molecule has 4 aromatic rings. The third kappa shape index (κ3) is 5.97. The van der Waals surface area contributed by atoms with Crippen molar-refractivity contribution in [1.82, 2.24) is 9.55 Å². The first-order valence-corrected chi connectivity index (χ1v) is 13.1. The second-order valence-corrected chi connectivity index (χ2v) is 9.72. The fraction of sp³-hybridized carbons (Fsp3) is 0.258. The molecule has 0 fully saturated rings. The molecule has 0 aliphatic rings. The van der Waals surface area contributed by atoms with Crippen LogP contribution in [0.1, 0.15) is 58.3 Å². The number of carboxylic acid groups (broad SMARTS) is 1. The van der Waals surface area contributed by atoms with Crippen molar-refractivity contribution in [2.45, 2.75) is 53.2 Å². The van der Waals surface area contributed by atoms with Crippen LogP contribution in [0.2, 0.25) is 5.02 Å². The van der Waals surface area contributed by atoms with Crippen LogP contribution in [0, 0.1) is 13.8 Å². The van der Waals surface area contributed by atoms with E-state index >= 15 is 0 Å². The minimum atomic E-state index is -0.983. The number of benzene rings is 3. The molecule has 0 atom stereocenters. The van der Waals surface area contributed by atoms with Gasteiger partial charge in [-0.15, -0.1) is 0 Å². The molecule has 1 aromatic heterocycles. The second-order valence-electron chi connectivity index (χ2n) is 9.31. The average Bonchev–Trinajstić information content (AvgIpc) is 2.90. The molecular formula is C31H31ClN2O4. The number of aromatic nitrogens is 2. The van der Waals surface area contributed by atoms with E-state index in [2.05, 4.69) is 6.92 Å². The molecule has 0 aliphatic carbocycles. The number of aryl methyl sites for hydroxylation is 3. The lowest BCUT2D eigenvalue weighted by Crippen LogP contribution is -2.28. The highest BCUT2D eigenvalue weighted by Crippen LogP contribution is 2.28. The number of hydrogen-bond acceptors (Lipinski definition) is 4. The summed E-state index contributed by atoms with van der Waals surface area (Å²) in [5.74, 6) is 0.433. The number of ether oxygens (including phenoxy) is 1. The van der Waals surface area contributed by atoms with Crippen LogP contribution in [0.5, 0.6) is 5.75 Å². The van der Waals surface area contributed by atoms with E-state index in [0.29, 0.717) is 46.1 Å². The van der Waals surface area contributed by atoms with Crippen LogP contribution in [-0.4, -0.2) is 20.6 Å². The number of nitrogens with zero attached hydrogens (tertiary/aromatic N) is 2. The molecule has 0 amide bonds. The molecule has 0 bridgehead atoms. The Labute approximate surface area is 227 Å². The molecule has 3 aromatic carbocycles.